The van der Waals surface area contributed by atoms with Crippen molar-refractivity contribution >= 4 is 21.7 Å². The molecule has 0 bridgehead atoms. The topological polar surface area (TPSA) is 17.1 Å². The minimum absolute atomic E-state index is 0.0189. The average molecular weight is 277 g/mol. The molecule has 15 heavy (non-hydrogen) atoms. The maximum Gasteiger partial charge on any atom is 0.171 e. The van der Waals surface area contributed by atoms with Gasteiger partial charge in [-0.15, -0.1) is 0 Å². The molecule has 1 aromatic rings. The van der Waals surface area contributed by atoms with Gasteiger partial charge in [0.25, 0.3) is 0 Å². The van der Waals surface area contributed by atoms with E-state index in [9.17, 15) is 13.6 Å². The third-order valence-electron chi connectivity index (χ3n) is 1.94. The number of ketones is 1. The van der Waals surface area contributed by atoms with Gasteiger partial charge in [0.2, 0.25) is 0 Å². The Kier molecular flexibility index (Phi) is 3.28. The lowest BCUT2D eigenvalue weighted by atomic mass is 9.86. The molecule has 1 nitrogen and oxygen atoms in total. The molecular formula is C11H11BrF2O. The van der Waals surface area contributed by atoms with Gasteiger partial charge < -0.3 is 0 Å². The standard InChI is InChI=1S/C11H11BrF2O/c1-11(2,3)10(15)6-4-9(14)7(12)5-8(6)13/h4-5H,1-3H3. The fraction of sp³-hybridized carbons (Fsp3) is 0.364. The number of benzene rings is 1. The maximum atomic E-state index is 13.4. The highest BCUT2D eigenvalue weighted by molar-refractivity contribution is 9.10. The number of carbonyl (C=O) groups is 1. The molecule has 0 atom stereocenters. The summed E-state index contributed by atoms with van der Waals surface area (Å²) in [5.41, 5.74) is -0.926. The Morgan fingerprint density at radius 1 is 1.20 bits per heavy atom. The first-order valence-electron chi connectivity index (χ1n) is 4.43. The Hall–Kier alpha value is -0.770. The van der Waals surface area contributed by atoms with Crippen LogP contribution in [0.1, 0.15) is 31.1 Å². The first kappa shape index (κ1) is 12.3. The zero-order chi connectivity index (χ0) is 11.8. The Balaban J connectivity index is 3.28. The molecule has 0 radical (unpaired) electrons. The second-order valence-electron chi connectivity index (χ2n) is 4.33. The zero-order valence-electron chi connectivity index (χ0n) is 8.70. The van der Waals surface area contributed by atoms with Crippen molar-refractivity contribution in [3.8, 4) is 0 Å². The summed E-state index contributed by atoms with van der Waals surface area (Å²) in [4.78, 5) is 11.7. The molecule has 1 rings (SSSR count). The molecule has 0 heterocycles. The SMILES string of the molecule is CC(C)(C)C(=O)c1cc(F)c(Br)cc1F. The second kappa shape index (κ2) is 4.00. The number of hydrogen-bond donors (Lipinski definition) is 0. The van der Waals surface area contributed by atoms with Gasteiger partial charge >= 0.3 is 0 Å². The third kappa shape index (κ3) is 2.62. The van der Waals surface area contributed by atoms with Gasteiger partial charge in [-0.1, -0.05) is 20.8 Å². The molecule has 1 aromatic carbocycles. The predicted molar refractivity (Wildman–Crippen MR) is 57.8 cm³/mol. The zero-order valence-corrected chi connectivity index (χ0v) is 10.3. The lowest BCUT2D eigenvalue weighted by Crippen LogP contribution is -2.21. The van der Waals surface area contributed by atoms with Crippen LogP contribution in [0.3, 0.4) is 0 Å². The lowest BCUT2D eigenvalue weighted by Gasteiger charge is -2.17. The molecule has 0 amide bonds. The Morgan fingerprint density at radius 3 is 2.20 bits per heavy atom. The molecule has 0 aliphatic carbocycles. The molecule has 0 spiro atoms. The van der Waals surface area contributed by atoms with E-state index >= 15 is 0 Å². The number of carbonyl (C=O) groups excluding carboxylic acids is 1. The van der Waals surface area contributed by atoms with E-state index in [1.165, 1.54) is 0 Å². The molecule has 0 aliphatic rings. The van der Waals surface area contributed by atoms with Gasteiger partial charge in [-0.3, -0.25) is 4.79 Å². The van der Waals surface area contributed by atoms with Gasteiger partial charge in [-0.25, -0.2) is 8.78 Å². The van der Waals surface area contributed by atoms with Crippen molar-refractivity contribution in [3.63, 3.8) is 0 Å². The Labute approximate surface area is 95.6 Å². The number of rotatable bonds is 1. The predicted octanol–water partition coefficient (Wildman–Crippen LogP) is 3.96. The highest BCUT2D eigenvalue weighted by Crippen LogP contribution is 2.26. The van der Waals surface area contributed by atoms with E-state index in [-0.39, 0.29) is 10.0 Å². The highest BCUT2D eigenvalue weighted by Gasteiger charge is 2.26. The molecule has 0 unspecified atom stereocenters. The molecule has 0 aromatic heterocycles. The van der Waals surface area contributed by atoms with Gasteiger partial charge in [0, 0.05) is 5.41 Å². The second-order valence-corrected chi connectivity index (χ2v) is 5.18. The Bertz CT molecular complexity index is 408. The molecule has 0 N–H and O–H groups in total. The van der Waals surface area contributed by atoms with Crippen molar-refractivity contribution in [1.82, 2.24) is 0 Å². The normalized spacial score (nSPS) is 11.6. The van der Waals surface area contributed by atoms with Crippen molar-refractivity contribution in [2.24, 2.45) is 5.41 Å². The van der Waals surface area contributed by atoms with Crippen LogP contribution in [0.15, 0.2) is 16.6 Å². The van der Waals surface area contributed by atoms with E-state index in [4.69, 9.17) is 0 Å². The van der Waals surface area contributed by atoms with Gasteiger partial charge in [0.05, 0.1) is 10.0 Å². The summed E-state index contributed by atoms with van der Waals surface area (Å²) in [6.45, 7) is 4.98. The van der Waals surface area contributed by atoms with E-state index < -0.39 is 22.8 Å². The number of halogens is 3. The summed E-state index contributed by atoms with van der Waals surface area (Å²) in [6.07, 6.45) is 0. The van der Waals surface area contributed by atoms with E-state index in [1.807, 2.05) is 0 Å². The largest absolute Gasteiger partial charge is 0.293 e. The summed E-state index contributed by atoms with van der Waals surface area (Å²) in [7, 11) is 0. The van der Waals surface area contributed by atoms with Crippen molar-refractivity contribution in [2.45, 2.75) is 20.8 Å². The highest BCUT2D eigenvalue weighted by atomic mass is 79.9. The Morgan fingerprint density at radius 2 is 1.73 bits per heavy atom. The van der Waals surface area contributed by atoms with Crippen LogP contribution in [0.2, 0.25) is 0 Å². The van der Waals surface area contributed by atoms with Crippen molar-refractivity contribution in [2.75, 3.05) is 0 Å². The fourth-order valence-electron chi connectivity index (χ4n) is 1.10. The molecule has 0 saturated heterocycles. The van der Waals surface area contributed by atoms with Crippen LogP contribution in [0.25, 0.3) is 0 Å². The third-order valence-corrected chi connectivity index (χ3v) is 2.54. The fourth-order valence-corrected chi connectivity index (χ4v) is 1.42. The van der Waals surface area contributed by atoms with Crippen LogP contribution in [0.5, 0.6) is 0 Å². The summed E-state index contributed by atoms with van der Waals surface area (Å²) >= 11 is 2.85. The van der Waals surface area contributed by atoms with Crippen LogP contribution in [0.4, 0.5) is 8.78 Å². The van der Waals surface area contributed by atoms with E-state index in [0.717, 1.165) is 12.1 Å². The summed E-state index contributed by atoms with van der Waals surface area (Å²) < 4.78 is 26.6. The van der Waals surface area contributed by atoms with Crippen LogP contribution < -0.4 is 0 Å². The number of hydrogen-bond acceptors (Lipinski definition) is 1. The minimum Gasteiger partial charge on any atom is -0.293 e. The van der Waals surface area contributed by atoms with Gasteiger partial charge in [-0.05, 0) is 28.1 Å². The smallest absolute Gasteiger partial charge is 0.171 e. The van der Waals surface area contributed by atoms with E-state index in [0.29, 0.717) is 0 Å². The van der Waals surface area contributed by atoms with Crippen molar-refractivity contribution in [3.05, 3.63) is 33.8 Å². The average Bonchev–Trinajstić information content (AvgIpc) is 2.08. The van der Waals surface area contributed by atoms with Crippen molar-refractivity contribution < 1.29 is 13.6 Å². The van der Waals surface area contributed by atoms with E-state index in [1.54, 1.807) is 20.8 Å². The van der Waals surface area contributed by atoms with Crippen LogP contribution in [-0.4, -0.2) is 5.78 Å². The first-order chi connectivity index (χ1) is 6.73. The van der Waals surface area contributed by atoms with Crippen LogP contribution in [-0.2, 0) is 0 Å². The molecule has 4 heteroatoms. The molecule has 0 aliphatic heterocycles. The monoisotopic (exact) mass is 276 g/mol. The molecule has 0 fully saturated rings. The summed E-state index contributed by atoms with van der Waals surface area (Å²) in [5, 5.41) is 0. The molecule has 82 valence electrons. The summed E-state index contributed by atoms with van der Waals surface area (Å²) in [5.74, 6) is -1.75. The van der Waals surface area contributed by atoms with Gasteiger partial charge in [0.15, 0.2) is 5.78 Å². The molecular weight excluding hydrogens is 266 g/mol. The first-order valence-corrected chi connectivity index (χ1v) is 5.22. The summed E-state index contributed by atoms with van der Waals surface area (Å²) in [6, 6.07) is 1.89. The lowest BCUT2D eigenvalue weighted by molar-refractivity contribution is 0.0853. The molecule has 0 saturated carbocycles. The minimum atomic E-state index is -0.721. The number of Topliss-reactive ketones (excluding diaryl/α,β-unsaturated/α-hetero) is 1. The van der Waals surface area contributed by atoms with Crippen molar-refractivity contribution in [1.29, 1.82) is 0 Å². The van der Waals surface area contributed by atoms with Gasteiger partial charge in [-0.2, -0.15) is 0 Å². The van der Waals surface area contributed by atoms with Gasteiger partial charge in [0.1, 0.15) is 11.6 Å². The van der Waals surface area contributed by atoms with Crippen LogP contribution in [0, 0.1) is 17.0 Å². The van der Waals surface area contributed by atoms with E-state index in [2.05, 4.69) is 15.9 Å². The van der Waals surface area contributed by atoms with Crippen LogP contribution >= 0.6 is 15.9 Å². The maximum absolute atomic E-state index is 13.4. The quantitative estimate of drug-likeness (QED) is 0.561.